The Morgan fingerprint density at radius 2 is 1.80 bits per heavy atom. The van der Waals surface area contributed by atoms with Crippen LogP contribution >= 0.6 is 11.6 Å². The van der Waals surface area contributed by atoms with Crippen molar-refractivity contribution in [2.24, 2.45) is 0 Å². The second kappa shape index (κ2) is 10.5. The van der Waals surface area contributed by atoms with E-state index in [2.05, 4.69) is 48.9 Å². The first-order chi connectivity index (χ1) is 16.7. The molecule has 35 heavy (non-hydrogen) atoms. The first kappa shape index (κ1) is 24.8. The van der Waals surface area contributed by atoms with E-state index in [4.69, 9.17) is 21.3 Å². The highest BCUT2D eigenvalue weighted by Gasteiger charge is 2.19. The number of nitrogens with zero attached hydrogens (tertiary/aromatic N) is 2. The zero-order chi connectivity index (χ0) is 25.0. The van der Waals surface area contributed by atoms with Gasteiger partial charge < -0.3 is 14.6 Å². The number of aryl methyl sites for hydroxylation is 1. The second-order valence-electron chi connectivity index (χ2n) is 9.79. The van der Waals surface area contributed by atoms with Crippen LogP contribution in [0.25, 0.3) is 11.0 Å². The molecule has 4 rings (SSSR count). The fourth-order valence-corrected chi connectivity index (χ4v) is 4.29. The summed E-state index contributed by atoms with van der Waals surface area (Å²) in [5.74, 6) is 1.51. The highest BCUT2D eigenvalue weighted by Crippen LogP contribution is 2.25. The van der Waals surface area contributed by atoms with Crippen LogP contribution in [0.3, 0.4) is 0 Å². The quantitative estimate of drug-likeness (QED) is 0.272. The van der Waals surface area contributed by atoms with Crippen LogP contribution in [0.15, 0.2) is 72.8 Å². The van der Waals surface area contributed by atoms with E-state index in [1.807, 2.05) is 37.3 Å². The maximum atomic E-state index is 12.8. The molecule has 0 bridgehead atoms. The third-order valence-electron chi connectivity index (χ3n) is 6.02. The van der Waals surface area contributed by atoms with Crippen molar-refractivity contribution in [2.45, 2.75) is 52.1 Å². The van der Waals surface area contributed by atoms with Crippen molar-refractivity contribution >= 4 is 28.5 Å². The average Bonchev–Trinajstić information content (AvgIpc) is 3.20. The number of carbonyl (C=O) groups is 1. The minimum atomic E-state index is -0.278. The molecule has 1 atom stereocenters. The zero-order valence-corrected chi connectivity index (χ0v) is 21.5. The van der Waals surface area contributed by atoms with Gasteiger partial charge >= 0.3 is 0 Å². The molecule has 5 nitrogen and oxygen atoms in total. The molecule has 0 spiro atoms. The average molecular weight is 490 g/mol. The Labute approximate surface area is 212 Å². The van der Waals surface area contributed by atoms with Gasteiger partial charge in [-0.1, -0.05) is 62.7 Å². The first-order valence-corrected chi connectivity index (χ1v) is 12.3. The zero-order valence-electron chi connectivity index (χ0n) is 20.7. The van der Waals surface area contributed by atoms with Gasteiger partial charge in [-0.25, -0.2) is 4.98 Å². The normalized spacial score (nSPS) is 12.5. The van der Waals surface area contributed by atoms with Crippen molar-refractivity contribution in [3.05, 3.63) is 94.8 Å². The fraction of sp³-hybridized carbons (Fsp3) is 0.310. The second-order valence-corrected chi connectivity index (χ2v) is 10.2. The van der Waals surface area contributed by atoms with Gasteiger partial charge in [0.15, 0.2) is 0 Å². The van der Waals surface area contributed by atoms with Crippen molar-refractivity contribution in [3.63, 3.8) is 0 Å². The molecule has 0 saturated heterocycles. The van der Waals surface area contributed by atoms with E-state index in [0.29, 0.717) is 17.2 Å². The maximum absolute atomic E-state index is 12.8. The Morgan fingerprint density at radius 3 is 2.51 bits per heavy atom. The number of rotatable bonds is 8. The molecule has 0 saturated carbocycles. The molecule has 0 radical (unpaired) electrons. The van der Waals surface area contributed by atoms with Gasteiger partial charge in [0, 0.05) is 17.1 Å². The van der Waals surface area contributed by atoms with Crippen molar-refractivity contribution in [1.29, 1.82) is 0 Å². The van der Waals surface area contributed by atoms with Crippen LogP contribution < -0.4 is 10.1 Å². The number of carbonyl (C=O) groups excluding carboxylic acids is 1. The van der Waals surface area contributed by atoms with Crippen LogP contribution in [0, 0.1) is 0 Å². The molecule has 4 aromatic rings. The fourth-order valence-electron chi connectivity index (χ4n) is 4.10. The molecule has 6 heteroatoms. The summed E-state index contributed by atoms with van der Waals surface area (Å²) in [6.45, 7) is 9.88. The molecule has 1 heterocycles. The highest BCUT2D eigenvalue weighted by molar-refractivity contribution is 6.30. The Morgan fingerprint density at radius 1 is 1.06 bits per heavy atom. The van der Waals surface area contributed by atoms with Crippen LogP contribution in [0.4, 0.5) is 0 Å². The van der Waals surface area contributed by atoms with Gasteiger partial charge in [0.25, 0.3) is 5.91 Å². The van der Waals surface area contributed by atoms with Gasteiger partial charge in [-0.2, -0.15) is 0 Å². The number of amides is 1. The van der Waals surface area contributed by atoms with Gasteiger partial charge in [-0.05, 0) is 66.8 Å². The first-order valence-electron chi connectivity index (χ1n) is 12.0. The number of benzene rings is 3. The van der Waals surface area contributed by atoms with E-state index >= 15 is 0 Å². The molecular weight excluding hydrogens is 458 g/mol. The van der Waals surface area contributed by atoms with E-state index in [-0.39, 0.29) is 17.4 Å². The van der Waals surface area contributed by atoms with E-state index in [1.165, 1.54) is 5.56 Å². The standard InChI is InChI=1S/C29H32ClN3O2/c1-20(31-28(34)21-9-7-10-23(30)19-21)27-32-25-11-5-6-12-26(25)33(27)17-8-18-35-24-15-13-22(14-16-24)29(2,3)4/h5-7,9-16,19-20H,8,17-18H2,1-4H3,(H,31,34). The predicted octanol–water partition coefficient (Wildman–Crippen LogP) is 6.95. The summed E-state index contributed by atoms with van der Waals surface area (Å²) in [5, 5.41) is 3.60. The Kier molecular flexibility index (Phi) is 7.46. The maximum Gasteiger partial charge on any atom is 0.251 e. The van der Waals surface area contributed by atoms with Crippen molar-refractivity contribution in [1.82, 2.24) is 14.9 Å². The molecule has 0 fully saturated rings. The number of aromatic nitrogens is 2. The number of halogens is 1. The van der Waals surface area contributed by atoms with Gasteiger partial charge in [0.2, 0.25) is 0 Å². The number of para-hydroxylation sites is 2. The van der Waals surface area contributed by atoms with Crippen LogP contribution in [0.5, 0.6) is 5.75 Å². The summed E-state index contributed by atoms with van der Waals surface area (Å²) >= 11 is 6.06. The van der Waals surface area contributed by atoms with Crippen molar-refractivity contribution < 1.29 is 9.53 Å². The van der Waals surface area contributed by atoms with Gasteiger partial charge in [0.1, 0.15) is 11.6 Å². The third-order valence-corrected chi connectivity index (χ3v) is 6.26. The molecule has 0 aliphatic rings. The summed E-state index contributed by atoms with van der Waals surface area (Å²) in [6, 6.07) is 23.0. The van der Waals surface area contributed by atoms with Gasteiger partial charge in [-0.15, -0.1) is 0 Å². The van der Waals surface area contributed by atoms with Crippen LogP contribution in [-0.2, 0) is 12.0 Å². The summed E-state index contributed by atoms with van der Waals surface area (Å²) in [6.07, 6.45) is 0.809. The summed E-state index contributed by atoms with van der Waals surface area (Å²) in [4.78, 5) is 17.6. The Balaban J connectivity index is 1.44. The van der Waals surface area contributed by atoms with E-state index in [9.17, 15) is 4.79 Å². The SMILES string of the molecule is CC(NC(=O)c1cccc(Cl)c1)c1nc2ccccc2n1CCCOc1ccc(C(C)(C)C)cc1. The summed E-state index contributed by atoms with van der Waals surface area (Å²) in [7, 11) is 0. The monoisotopic (exact) mass is 489 g/mol. The van der Waals surface area contributed by atoms with E-state index < -0.39 is 0 Å². The highest BCUT2D eigenvalue weighted by atomic mass is 35.5. The molecule has 182 valence electrons. The van der Waals surface area contributed by atoms with E-state index in [1.54, 1.807) is 24.3 Å². The predicted molar refractivity (Wildman–Crippen MR) is 142 cm³/mol. The number of fused-ring (bicyclic) bond motifs is 1. The number of imidazole rings is 1. The molecule has 0 aliphatic carbocycles. The van der Waals surface area contributed by atoms with Crippen LogP contribution in [0.2, 0.25) is 5.02 Å². The Bertz CT molecular complexity index is 1310. The molecule has 0 aliphatic heterocycles. The summed E-state index contributed by atoms with van der Waals surface area (Å²) in [5.41, 5.74) is 3.88. The lowest BCUT2D eigenvalue weighted by atomic mass is 9.87. The third kappa shape index (κ3) is 6.04. The molecule has 1 aromatic heterocycles. The number of hydrogen-bond acceptors (Lipinski definition) is 3. The largest absolute Gasteiger partial charge is 0.494 e. The lowest BCUT2D eigenvalue weighted by Gasteiger charge is -2.19. The van der Waals surface area contributed by atoms with Gasteiger partial charge in [-0.3, -0.25) is 4.79 Å². The van der Waals surface area contributed by atoms with Crippen LogP contribution in [-0.4, -0.2) is 22.1 Å². The summed E-state index contributed by atoms with van der Waals surface area (Å²) < 4.78 is 8.17. The molecule has 1 N–H and O–H groups in total. The number of ether oxygens (including phenoxy) is 1. The Hall–Kier alpha value is -3.31. The minimum Gasteiger partial charge on any atom is -0.494 e. The van der Waals surface area contributed by atoms with Crippen LogP contribution in [0.1, 0.15) is 61.9 Å². The van der Waals surface area contributed by atoms with Crippen molar-refractivity contribution in [2.75, 3.05) is 6.61 Å². The molecule has 1 amide bonds. The minimum absolute atomic E-state index is 0.121. The molecule has 1 unspecified atom stereocenters. The molecular formula is C29H32ClN3O2. The van der Waals surface area contributed by atoms with Crippen molar-refractivity contribution in [3.8, 4) is 5.75 Å². The lowest BCUT2D eigenvalue weighted by Crippen LogP contribution is -2.28. The van der Waals surface area contributed by atoms with Gasteiger partial charge in [0.05, 0.1) is 23.7 Å². The smallest absolute Gasteiger partial charge is 0.251 e. The van der Waals surface area contributed by atoms with E-state index in [0.717, 1.165) is 35.6 Å². The topological polar surface area (TPSA) is 56.2 Å². The lowest BCUT2D eigenvalue weighted by molar-refractivity contribution is 0.0937. The number of nitrogens with one attached hydrogen (secondary N) is 1. The molecule has 3 aromatic carbocycles. The number of hydrogen-bond donors (Lipinski definition) is 1.